The highest BCUT2D eigenvalue weighted by atomic mass is 32.2. The van der Waals surface area contributed by atoms with E-state index in [0.29, 0.717) is 12.2 Å². The highest BCUT2D eigenvalue weighted by Gasteiger charge is 2.67. The van der Waals surface area contributed by atoms with E-state index in [1.165, 1.54) is 0 Å². The van der Waals surface area contributed by atoms with Gasteiger partial charge in [0.05, 0.1) is 12.5 Å². The molecule has 0 aromatic carbocycles. The summed E-state index contributed by atoms with van der Waals surface area (Å²) in [5, 5.41) is -0.586. The molecule has 0 aliphatic carbocycles. The van der Waals surface area contributed by atoms with E-state index >= 15 is 0 Å². The molecule has 3 aliphatic heterocycles. The van der Waals surface area contributed by atoms with Crippen molar-refractivity contribution in [2.24, 2.45) is 0 Å². The zero-order valence-electron chi connectivity index (χ0n) is 8.81. The zero-order valence-corrected chi connectivity index (χ0v) is 10.5. The van der Waals surface area contributed by atoms with Gasteiger partial charge in [-0.15, -0.1) is 0 Å². The number of hydrogen-bond acceptors (Lipinski definition) is 7. The van der Waals surface area contributed by atoms with Crippen molar-refractivity contribution in [2.75, 3.05) is 5.75 Å². The first kappa shape index (κ1) is 11.8. The van der Waals surface area contributed by atoms with Crippen LogP contribution >= 0.6 is 12.6 Å². The van der Waals surface area contributed by atoms with Gasteiger partial charge >= 0.3 is 5.97 Å². The highest BCUT2D eigenvalue weighted by molar-refractivity contribution is 7.87. The summed E-state index contributed by atoms with van der Waals surface area (Å²) in [5.41, 5.74) is 0. The van der Waals surface area contributed by atoms with Gasteiger partial charge < -0.3 is 9.47 Å². The normalized spacial score (nSPS) is 45.1. The average Bonchev–Trinajstić information content (AvgIpc) is 2.82. The van der Waals surface area contributed by atoms with Gasteiger partial charge in [0.1, 0.15) is 17.5 Å². The van der Waals surface area contributed by atoms with Crippen molar-refractivity contribution in [1.82, 2.24) is 0 Å². The molecule has 3 heterocycles. The van der Waals surface area contributed by atoms with Gasteiger partial charge in [0.2, 0.25) is 0 Å². The van der Waals surface area contributed by atoms with Crippen LogP contribution in [0, 0.1) is 0 Å². The van der Waals surface area contributed by atoms with Crippen LogP contribution in [0.4, 0.5) is 0 Å². The van der Waals surface area contributed by atoms with Crippen LogP contribution < -0.4 is 0 Å². The summed E-state index contributed by atoms with van der Waals surface area (Å²) in [6.07, 6.45) is -1.54. The lowest BCUT2D eigenvalue weighted by Gasteiger charge is -2.21. The van der Waals surface area contributed by atoms with Crippen LogP contribution in [-0.2, 0) is 28.6 Å². The maximum atomic E-state index is 11.6. The summed E-state index contributed by atoms with van der Waals surface area (Å²) >= 11 is 3.93. The molecular weight excluding hydrogens is 268 g/mol. The summed E-state index contributed by atoms with van der Waals surface area (Å²) < 4.78 is 38.8. The van der Waals surface area contributed by atoms with Crippen molar-refractivity contribution in [3.8, 4) is 0 Å². The number of rotatable bonds is 3. The smallest absolute Gasteiger partial charge is 0.307 e. The Balaban J connectivity index is 1.76. The molecule has 8 heteroatoms. The number of esters is 1. The van der Waals surface area contributed by atoms with Gasteiger partial charge in [-0.25, -0.2) is 0 Å². The largest absolute Gasteiger partial charge is 0.457 e. The second-order valence-electron chi connectivity index (χ2n) is 4.40. The van der Waals surface area contributed by atoms with Crippen molar-refractivity contribution in [3.63, 3.8) is 0 Å². The molecule has 2 bridgehead atoms. The van der Waals surface area contributed by atoms with Crippen molar-refractivity contribution in [1.29, 1.82) is 0 Å². The number of hydrogen-bond donors (Lipinski definition) is 1. The quantitative estimate of drug-likeness (QED) is 0.426. The number of carbonyl (C=O) groups is 1. The molecule has 0 saturated carbocycles. The van der Waals surface area contributed by atoms with Crippen LogP contribution in [0.2, 0.25) is 0 Å². The molecule has 0 spiro atoms. The third kappa shape index (κ3) is 1.69. The Morgan fingerprint density at radius 3 is 2.88 bits per heavy atom. The Labute approximate surface area is 104 Å². The molecule has 0 aromatic rings. The first-order chi connectivity index (χ1) is 8.03. The van der Waals surface area contributed by atoms with Crippen molar-refractivity contribution in [3.05, 3.63) is 0 Å². The fourth-order valence-corrected chi connectivity index (χ4v) is 4.50. The van der Waals surface area contributed by atoms with E-state index in [4.69, 9.17) is 13.7 Å². The lowest BCUT2D eigenvalue weighted by Crippen LogP contribution is -2.41. The van der Waals surface area contributed by atoms with Gasteiger partial charge in [0, 0.05) is 5.75 Å². The molecule has 0 amide bonds. The third-order valence-corrected chi connectivity index (χ3v) is 5.29. The summed E-state index contributed by atoms with van der Waals surface area (Å²) in [4.78, 5) is 11.4. The molecule has 0 N–H and O–H groups in total. The van der Waals surface area contributed by atoms with Crippen LogP contribution in [-0.4, -0.2) is 49.8 Å². The Bertz CT molecular complexity index is 446. The van der Waals surface area contributed by atoms with E-state index in [1.54, 1.807) is 0 Å². The minimum Gasteiger partial charge on any atom is -0.457 e. The molecular formula is C9H12O6S2. The Kier molecular flexibility index (Phi) is 2.66. The molecule has 5 atom stereocenters. The van der Waals surface area contributed by atoms with Gasteiger partial charge in [-0.3, -0.25) is 8.98 Å². The minimum absolute atomic E-state index is 0.194. The molecule has 3 saturated heterocycles. The first-order valence-electron chi connectivity index (χ1n) is 5.41. The van der Waals surface area contributed by atoms with Crippen LogP contribution in [0.5, 0.6) is 0 Å². The summed E-state index contributed by atoms with van der Waals surface area (Å²) in [6.45, 7) is 0. The number of fused-ring (bicyclic) bond motifs is 1. The zero-order chi connectivity index (χ0) is 12.2. The maximum Gasteiger partial charge on any atom is 0.307 e. The number of ether oxygens (including phenoxy) is 2. The molecule has 5 unspecified atom stereocenters. The Morgan fingerprint density at radius 2 is 2.18 bits per heavy atom. The van der Waals surface area contributed by atoms with Crippen LogP contribution in [0.1, 0.15) is 12.8 Å². The number of carbonyl (C=O) groups excluding carboxylic acids is 1. The topological polar surface area (TPSA) is 78.9 Å². The number of thiol groups is 1. The summed E-state index contributed by atoms with van der Waals surface area (Å²) in [6, 6.07) is 0. The standard InChI is InChI=1S/C9H12O6S2/c10-6(1-2-16)14-7-4-3-5-8(13-4)9(7)15-17(5,11)12/h4-5,7-9,16H,1-3H2. The molecule has 3 aliphatic rings. The van der Waals surface area contributed by atoms with E-state index in [-0.39, 0.29) is 12.5 Å². The van der Waals surface area contributed by atoms with Crippen molar-refractivity contribution >= 4 is 28.7 Å². The van der Waals surface area contributed by atoms with E-state index in [1.807, 2.05) is 0 Å². The lowest BCUT2D eigenvalue weighted by molar-refractivity contribution is -0.154. The van der Waals surface area contributed by atoms with Gasteiger partial charge in [-0.2, -0.15) is 21.0 Å². The molecule has 96 valence electrons. The predicted molar refractivity (Wildman–Crippen MR) is 59.2 cm³/mol. The molecule has 0 aromatic heterocycles. The summed E-state index contributed by atoms with van der Waals surface area (Å²) in [7, 11) is -3.54. The molecule has 3 fully saturated rings. The van der Waals surface area contributed by atoms with Crippen molar-refractivity contribution < 1.29 is 26.9 Å². The monoisotopic (exact) mass is 280 g/mol. The molecule has 6 nitrogen and oxygen atoms in total. The second kappa shape index (κ2) is 3.84. The molecule has 0 radical (unpaired) electrons. The van der Waals surface area contributed by atoms with Crippen LogP contribution in [0.15, 0.2) is 0 Å². The average molecular weight is 280 g/mol. The first-order valence-corrected chi connectivity index (χ1v) is 7.51. The van der Waals surface area contributed by atoms with Gasteiger partial charge in [-0.05, 0) is 6.42 Å². The van der Waals surface area contributed by atoms with Crippen molar-refractivity contribution in [2.45, 2.75) is 42.5 Å². The SMILES string of the molecule is O=C(CCS)OC1C2CC3C(O2)C1OS3(=O)=O. The lowest BCUT2D eigenvalue weighted by atomic mass is 9.94. The summed E-state index contributed by atoms with van der Waals surface area (Å²) in [5.74, 6) is -0.00181. The van der Waals surface area contributed by atoms with Crippen LogP contribution in [0.3, 0.4) is 0 Å². The van der Waals surface area contributed by atoms with Gasteiger partial charge in [0.15, 0.2) is 6.10 Å². The third-order valence-electron chi connectivity index (χ3n) is 3.38. The minimum atomic E-state index is -3.54. The fourth-order valence-electron chi connectivity index (χ4n) is 2.67. The fraction of sp³-hybridized carbons (Fsp3) is 0.889. The Hall–Kier alpha value is -0.310. The van der Waals surface area contributed by atoms with E-state index < -0.39 is 39.6 Å². The second-order valence-corrected chi connectivity index (χ2v) is 6.63. The molecule has 3 rings (SSSR count). The Morgan fingerprint density at radius 1 is 1.41 bits per heavy atom. The maximum absolute atomic E-state index is 11.6. The molecule has 17 heavy (non-hydrogen) atoms. The van der Waals surface area contributed by atoms with E-state index in [0.717, 1.165) is 0 Å². The van der Waals surface area contributed by atoms with E-state index in [9.17, 15) is 13.2 Å². The van der Waals surface area contributed by atoms with Gasteiger partial charge in [-0.1, -0.05) is 0 Å². The highest BCUT2D eigenvalue weighted by Crippen LogP contribution is 2.47. The van der Waals surface area contributed by atoms with Crippen LogP contribution in [0.25, 0.3) is 0 Å². The predicted octanol–water partition coefficient (Wildman–Crippen LogP) is -0.514. The van der Waals surface area contributed by atoms with E-state index in [2.05, 4.69) is 12.6 Å². The van der Waals surface area contributed by atoms with Gasteiger partial charge in [0.25, 0.3) is 10.1 Å².